The molecular weight excluding hydrogens is 422 g/mol. The van der Waals surface area contributed by atoms with Gasteiger partial charge in [-0.05, 0) is 37.6 Å². The van der Waals surface area contributed by atoms with Crippen molar-refractivity contribution in [2.24, 2.45) is 0 Å². The maximum Gasteiger partial charge on any atom is 0.274 e. The molecule has 2 amide bonds. The topological polar surface area (TPSA) is 129 Å². The lowest BCUT2D eigenvalue weighted by atomic mass is 10.0. The van der Waals surface area contributed by atoms with E-state index >= 15 is 0 Å². The van der Waals surface area contributed by atoms with Crippen LogP contribution in [-0.4, -0.2) is 69.0 Å². The van der Waals surface area contributed by atoms with Gasteiger partial charge in [0.1, 0.15) is 5.69 Å². The second-order valence-electron chi connectivity index (χ2n) is 8.01. The Morgan fingerprint density at radius 1 is 1.27 bits per heavy atom. The van der Waals surface area contributed by atoms with Crippen LogP contribution in [0.4, 0.5) is 0 Å². The van der Waals surface area contributed by atoms with Gasteiger partial charge >= 0.3 is 0 Å². The Morgan fingerprint density at radius 3 is 2.79 bits per heavy atom. The Balaban J connectivity index is 1.35. The second-order valence-corrected chi connectivity index (χ2v) is 8.01. The summed E-state index contributed by atoms with van der Waals surface area (Å²) in [5.41, 5.74) is 3.70. The lowest BCUT2D eigenvalue weighted by Gasteiger charge is -2.25. The molecule has 0 radical (unpaired) electrons. The van der Waals surface area contributed by atoms with Crippen LogP contribution in [-0.2, 0) is 11.3 Å². The molecule has 1 saturated heterocycles. The molecule has 2 aromatic heterocycles. The molecule has 3 aromatic rings. The van der Waals surface area contributed by atoms with Crippen molar-refractivity contribution >= 4 is 11.8 Å². The largest absolute Gasteiger partial charge is 0.378 e. The highest BCUT2D eigenvalue weighted by Crippen LogP contribution is 2.20. The number of hydrogen-bond donors (Lipinski definition) is 2. The van der Waals surface area contributed by atoms with E-state index in [1.807, 2.05) is 38.2 Å². The Morgan fingerprint density at radius 2 is 2.06 bits per heavy atom. The van der Waals surface area contributed by atoms with E-state index < -0.39 is 0 Å². The summed E-state index contributed by atoms with van der Waals surface area (Å²) in [5.74, 6) is -0.560. The molecule has 1 fully saturated rings. The van der Waals surface area contributed by atoms with Crippen LogP contribution in [0.3, 0.4) is 0 Å². The molecule has 1 atom stereocenters. The number of nitrogens with one attached hydrogen (secondary N) is 2. The number of amides is 2. The van der Waals surface area contributed by atoms with Crippen LogP contribution in [0.15, 0.2) is 36.5 Å². The predicted molar refractivity (Wildman–Crippen MR) is 119 cm³/mol. The van der Waals surface area contributed by atoms with Gasteiger partial charge in [-0.1, -0.05) is 6.07 Å². The van der Waals surface area contributed by atoms with Crippen molar-refractivity contribution in [2.75, 3.05) is 26.3 Å². The first kappa shape index (κ1) is 22.2. The van der Waals surface area contributed by atoms with E-state index in [0.29, 0.717) is 38.4 Å². The Kier molecular flexibility index (Phi) is 6.51. The van der Waals surface area contributed by atoms with Crippen molar-refractivity contribution in [1.29, 1.82) is 5.26 Å². The highest BCUT2D eigenvalue weighted by molar-refractivity contribution is 5.97. The summed E-state index contributed by atoms with van der Waals surface area (Å²) >= 11 is 0. The third kappa shape index (κ3) is 5.10. The van der Waals surface area contributed by atoms with E-state index in [2.05, 4.69) is 26.7 Å². The summed E-state index contributed by atoms with van der Waals surface area (Å²) in [6.45, 7) is 6.26. The van der Waals surface area contributed by atoms with Gasteiger partial charge in [0.05, 0.1) is 37.1 Å². The summed E-state index contributed by atoms with van der Waals surface area (Å²) in [4.78, 5) is 26.8. The average molecular weight is 447 g/mol. The minimum atomic E-state index is -0.342. The normalized spacial score (nSPS) is 14.5. The zero-order chi connectivity index (χ0) is 23.4. The zero-order valence-corrected chi connectivity index (χ0v) is 18.5. The number of nitriles is 1. The van der Waals surface area contributed by atoms with Crippen LogP contribution in [0.25, 0.3) is 11.3 Å². The SMILES string of the molecule is Cc1cc(-c2ccn(C[C@@H](C)NC(=O)c3cc(C(=O)N4CCOCC4)n[nH]3)n2)ccc1C#N. The highest BCUT2D eigenvalue weighted by Gasteiger charge is 2.22. The summed E-state index contributed by atoms with van der Waals surface area (Å²) < 4.78 is 7.02. The number of rotatable bonds is 6. The van der Waals surface area contributed by atoms with Crippen molar-refractivity contribution in [3.05, 3.63) is 59.0 Å². The lowest BCUT2D eigenvalue weighted by molar-refractivity contribution is 0.0299. The standard InChI is InChI=1S/C23H25N7O3/c1-15-11-17(3-4-18(15)13-24)19-5-6-30(28-19)14-16(2)25-22(31)20-12-21(27-26-20)23(32)29-7-9-33-10-8-29/h3-6,11-12,16H,7-10,14H2,1-2H3,(H,25,31)(H,26,27)/t16-/m1/s1. The van der Waals surface area contributed by atoms with Crippen molar-refractivity contribution in [3.8, 4) is 17.3 Å². The number of benzene rings is 1. The van der Waals surface area contributed by atoms with Gasteiger partial charge in [-0.2, -0.15) is 15.5 Å². The molecule has 0 spiro atoms. The van der Waals surface area contributed by atoms with E-state index in [1.54, 1.807) is 15.6 Å². The van der Waals surface area contributed by atoms with Crippen molar-refractivity contribution < 1.29 is 14.3 Å². The van der Waals surface area contributed by atoms with E-state index in [4.69, 9.17) is 10.00 Å². The number of aryl methyl sites for hydroxylation is 1. The smallest absolute Gasteiger partial charge is 0.274 e. The monoisotopic (exact) mass is 447 g/mol. The summed E-state index contributed by atoms with van der Waals surface area (Å²) in [6, 6.07) is 10.9. The molecular formula is C23H25N7O3. The average Bonchev–Trinajstić information content (AvgIpc) is 3.49. The van der Waals surface area contributed by atoms with Gasteiger partial charge < -0.3 is 15.0 Å². The molecule has 2 N–H and O–H groups in total. The Labute approximate surface area is 191 Å². The van der Waals surface area contributed by atoms with Crippen LogP contribution < -0.4 is 5.32 Å². The molecule has 1 aromatic carbocycles. The first-order valence-electron chi connectivity index (χ1n) is 10.7. The number of aromatic nitrogens is 4. The molecule has 0 unspecified atom stereocenters. The summed E-state index contributed by atoms with van der Waals surface area (Å²) in [6.07, 6.45) is 1.85. The first-order valence-corrected chi connectivity index (χ1v) is 10.7. The fraction of sp³-hybridized carbons (Fsp3) is 0.348. The minimum absolute atomic E-state index is 0.212. The molecule has 3 heterocycles. The third-order valence-electron chi connectivity index (χ3n) is 5.46. The fourth-order valence-corrected chi connectivity index (χ4v) is 3.67. The maximum atomic E-state index is 12.6. The molecule has 0 saturated carbocycles. The van der Waals surface area contributed by atoms with E-state index in [1.165, 1.54) is 6.07 Å². The van der Waals surface area contributed by atoms with Gasteiger partial charge in [0, 0.05) is 37.0 Å². The van der Waals surface area contributed by atoms with Crippen molar-refractivity contribution in [2.45, 2.75) is 26.4 Å². The second kappa shape index (κ2) is 9.67. The molecule has 4 rings (SSSR count). The van der Waals surface area contributed by atoms with Crippen LogP contribution >= 0.6 is 0 Å². The number of aromatic amines is 1. The first-order chi connectivity index (χ1) is 15.9. The Hall–Kier alpha value is -3.97. The van der Waals surface area contributed by atoms with Gasteiger partial charge in [-0.15, -0.1) is 0 Å². The highest BCUT2D eigenvalue weighted by atomic mass is 16.5. The number of H-pyrrole nitrogens is 1. The van der Waals surface area contributed by atoms with Crippen LogP contribution in [0.1, 0.15) is 39.0 Å². The number of carbonyl (C=O) groups is 2. The van der Waals surface area contributed by atoms with E-state index in [0.717, 1.165) is 16.8 Å². The quantitative estimate of drug-likeness (QED) is 0.592. The van der Waals surface area contributed by atoms with Gasteiger partial charge in [-0.25, -0.2) is 0 Å². The Bertz CT molecular complexity index is 1200. The molecule has 170 valence electrons. The number of nitrogens with zero attached hydrogens (tertiary/aromatic N) is 5. The number of hydrogen-bond acceptors (Lipinski definition) is 6. The fourth-order valence-electron chi connectivity index (χ4n) is 3.67. The van der Waals surface area contributed by atoms with Gasteiger partial charge in [0.2, 0.25) is 0 Å². The van der Waals surface area contributed by atoms with Gasteiger partial charge in [-0.3, -0.25) is 19.4 Å². The number of carbonyl (C=O) groups excluding carboxylic acids is 2. The number of morpholine rings is 1. The molecule has 1 aliphatic heterocycles. The van der Waals surface area contributed by atoms with E-state index in [-0.39, 0.29) is 29.2 Å². The van der Waals surface area contributed by atoms with Crippen molar-refractivity contribution in [3.63, 3.8) is 0 Å². The molecule has 33 heavy (non-hydrogen) atoms. The molecule has 1 aliphatic rings. The number of ether oxygens (including phenoxy) is 1. The molecule has 10 nitrogen and oxygen atoms in total. The summed E-state index contributed by atoms with van der Waals surface area (Å²) in [7, 11) is 0. The van der Waals surface area contributed by atoms with Crippen LogP contribution in [0, 0.1) is 18.3 Å². The lowest BCUT2D eigenvalue weighted by Crippen LogP contribution is -2.40. The van der Waals surface area contributed by atoms with Gasteiger partial charge in [0.15, 0.2) is 5.69 Å². The molecule has 0 bridgehead atoms. The van der Waals surface area contributed by atoms with Crippen LogP contribution in [0.2, 0.25) is 0 Å². The minimum Gasteiger partial charge on any atom is -0.378 e. The third-order valence-corrected chi connectivity index (χ3v) is 5.46. The summed E-state index contributed by atoms with van der Waals surface area (Å²) in [5, 5.41) is 23.2. The maximum absolute atomic E-state index is 12.6. The molecule has 0 aliphatic carbocycles. The van der Waals surface area contributed by atoms with Crippen LogP contribution in [0.5, 0.6) is 0 Å². The molecule has 10 heteroatoms. The van der Waals surface area contributed by atoms with Crippen molar-refractivity contribution in [1.82, 2.24) is 30.2 Å². The van der Waals surface area contributed by atoms with E-state index in [9.17, 15) is 9.59 Å². The van der Waals surface area contributed by atoms with Gasteiger partial charge in [0.25, 0.3) is 11.8 Å². The predicted octanol–water partition coefficient (Wildman–Crippen LogP) is 1.74. The zero-order valence-electron chi connectivity index (χ0n) is 18.5.